The van der Waals surface area contributed by atoms with Crippen molar-refractivity contribution in [3.63, 3.8) is 0 Å². The van der Waals surface area contributed by atoms with E-state index in [0.717, 1.165) is 0 Å². The second kappa shape index (κ2) is 5.75. The third kappa shape index (κ3) is 2.82. The van der Waals surface area contributed by atoms with Crippen LogP contribution in [0.25, 0.3) is 11.1 Å². The highest BCUT2D eigenvalue weighted by Crippen LogP contribution is 2.38. The highest BCUT2D eigenvalue weighted by atomic mass is 35.5. The third-order valence-electron chi connectivity index (χ3n) is 2.52. The lowest BCUT2D eigenvalue weighted by molar-refractivity contribution is 0.586. The Morgan fingerprint density at radius 3 is 2.68 bits per heavy atom. The molecule has 0 unspecified atom stereocenters. The van der Waals surface area contributed by atoms with Crippen LogP contribution in [0.1, 0.15) is 5.56 Å². The molecule has 1 aromatic carbocycles. The first-order valence-electron chi connectivity index (χ1n) is 5.20. The van der Waals surface area contributed by atoms with Crippen molar-refractivity contribution in [1.29, 1.82) is 5.26 Å². The number of nitrogens with zero attached hydrogens (tertiary/aromatic N) is 2. The number of halogens is 4. The summed E-state index contributed by atoms with van der Waals surface area (Å²) in [4.78, 5) is 3.58. The second-order valence-corrected chi connectivity index (χ2v) is 4.94. The summed E-state index contributed by atoms with van der Waals surface area (Å²) in [6.45, 7) is 0. The lowest BCUT2D eigenvalue weighted by atomic mass is 10.00. The molecule has 0 aliphatic heterocycles. The Balaban J connectivity index is 2.75. The van der Waals surface area contributed by atoms with Crippen LogP contribution in [-0.4, -0.2) is 4.98 Å². The van der Waals surface area contributed by atoms with Crippen molar-refractivity contribution < 1.29 is 4.39 Å². The zero-order chi connectivity index (χ0) is 14.0. The molecular formula is C13H6Cl3FN2. The Morgan fingerprint density at radius 1 is 1.26 bits per heavy atom. The Morgan fingerprint density at radius 2 is 2.00 bits per heavy atom. The van der Waals surface area contributed by atoms with E-state index in [0.29, 0.717) is 16.1 Å². The number of benzene rings is 1. The lowest BCUT2D eigenvalue weighted by Crippen LogP contribution is -1.96. The molecule has 2 rings (SSSR count). The molecule has 0 spiro atoms. The predicted molar refractivity (Wildman–Crippen MR) is 74.0 cm³/mol. The van der Waals surface area contributed by atoms with Gasteiger partial charge >= 0.3 is 0 Å². The molecule has 0 saturated carbocycles. The number of rotatable bonds is 2. The molecule has 0 aliphatic rings. The minimum absolute atomic E-state index is 0.0369. The van der Waals surface area contributed by atoms with E-state index in [1.165, 1.54) is 18.3 Å². The van der Waals surface area contributed by atoms with Crippen LogP contribution in [0.5, 0.6) is 0 Å². The van der Waals surface area contributed by atoms with Gasteiger partial charge in [-0.05, 0) is 23.8 Å². The van der Waals surface area contributed by atoms with E-state index in [1.54, 1.807) is 6.07 Å². The molecular weight excluding hydrogens is 310 g/mol. The van der Waals surface area contributed by atoms with Gasteiger partial charge in [0, 0.05) is 22.3 Å². The van der Waals surface area contributed by atoms with Crippen LogP contribution in [0.2, 0.25) is 15.1 Å². The van der Waals surface area contributed by atoms with Crippen LogP contribution in [0.15, 0.2) is 24.4 Å². The Kier molecular flexibility index (Phi) is 4.26. The first kappa shape index (κ1) is 14.1. The SMILES string of the molecule is N#CCc1ccnc(F)c1-c1cc(Cl)cc(Cl)c1Cl. The quantitative estimate of drug-likeness (QED) is 0.583. The zero-order valence-electron chi connectivity index (χ0n) is 9.42. The van der Waals surface area contributed by atoms with Crippen molar-refractivity contribution in [1.82, 2.24) is 4.98 Å². The zero-order valence-corrected chi connectivity index (χ0v) is 11.7. The molecule has 0 atom stereocenters. The standard InChI is InChI=1S/C13H6Cl3FN2/c14-8-5-9(12(16)10(15)6-8)11-7(1-3-18)2-4-19-13(11)17/h2,4-6H,1H2. The highest BCUT2D eigenvalue weighted by Gasteiger charge is 2.17. The normalized spacial score (nSPS) is 10.3. The van der Waals surface area contributed by atoms with Gasteiger partial charge in [-0.25, -0.2) is 4.98 Å². The molecule has 0 saturated heterocycles. The smallest absolute Gasteiger partial charge is 0.221 e. The van der Waals surface area contributed by atoms with Crippen LogP contribution < -0.4 is 0 Å². The largest absolute Gasteiger partial charge is 0.228 e. The topological polar surface area (TPSA) is 36.7 Å². The minimum Gasteiger partial charge on any atom is -0.228 e. The molecule has 0 radical (unpaired) electrons. The van der Waals surface area contributed by atoms with Crippen molar-refractivity contribution in [2.45, 2.75) is 6.42 Å². The van der Waals surface area contributed by atoms with Crippen molar-refractivity contribution in [2.75, 3.05) is 0 Å². The average molecular weight is 316 g/mol. The van der Waals surface area contributed by atoms with Crippen LogP contribution in [-0.2, 0) is 6.42 Å². The lowest BCUT2D eigenvalue weighted by Gasteiger charge is -2.11. The van der Waals surface area contributed by atoms with Crippen molar-refractivity contribution in [3.8, 4) is 17.2 Å². The highest BCUT2D eigenvalue weighted by molar-refractivity contribution is 6.45. The van der Waals surface area contributed by atoms with E-state index in [9.17, 15) is 4.39 Å². The van der Waals surface area contributed by atoms with Crippen molar-refractivity contribution >= 4 is 34.8 Å². The first-order valence-corrected chi connectivity index (χ1v) is 6.33. The van der Waals surface area contributed by atoms with Crippen LogP contribution in [0, 0.1) is 17.3 Å². The van der Waals surface area contributed by atoms with Gasteiger partial charge in [0.05, 0.1) is 22.5 Å². The molecule has 6 heteroatoms. The molecule has 1 aromatic heterocycles. The molecule has 0 N–H and O–H groups in total. The molecule has 2 aromatic rings. The molecule has 0 fully saturated rings. The van der Waals surface area contributed by atoms with E-state index in [1.807, 2.05) is 6.07 Å². The summed E-state index contributed by atoms with van der Waals surface area (Å²) in [5.41, 5.74) is 0.962. The van der Waals surface area contributed by atoms with Gasteiger partial charge in [0.1, 0.15) is 0 Å². The van der Waals surface area contributed by atoms with Gasteiger partial charge in [-0.15, -0.1) is 0 Å². The summed E-state index contributed by atoms with van der Waals surface area (Å²) in [6, 6.07) is 6.49. The fourth-order valence-corrected chi connectivity index (χ4v) is 2.42. The molecule has 1 heterocycles. The van der Waals surface area contributed by atoms with Crippen LogP contribution in [0.3, 0.4) is 0 Å². The predicted octanol–water partition coefficient (Wildman–Crippen LogP) is 4.91. The van der Waals surface area contributed by atoms with Crippen LogP contribution >= 0.6 is 34.8 Å². The van der Waals surface area contributed by atoms with Gasteiger partial charge in [-0.2, -0.15) is 9.65 Å². The van der Waals surface area contributed by atoms with Gasteiger partial charge < -0.3 is 0 Å². The summed E-state index contributed by atoms with van der Waals surface area (Å²) in [5.74, 6) is -0.715. The van der Waals surface area contributed by atoms with E-state index in [4.69, 9.17) is 40.1 Å². The first-order chi connectivity index (χ1) is 9.04. The minimum atomic E-state index is -0.715. The van der Waals surface area contributed by atoms with E-state index in [2.05, 4.69) is 4.98 Å². The third-order valence-corrected chi connectivity index (χ3v) is 3.54. The van der Waals surface area contributed by atoms with Crippen LogP contribution in [0.4, 0.5) is 4.39 Å². The number of aromatic nitrogens is 1. The van der Waals surface area contributed by atoms with Gasteiger partial charge in [0.2, 0.25) is 5.95 Å². The molecule has 0 amide bonds. The van der Waals surface area contributed by atoms with Gasteiger partial charge in [0.25, 0.3) is 0 Å². The van der Waals surface area contributed by atoms with Crippen molar-refractivity contribution in [2.24, 2.45) is 0 Å². The molecule has 19 heavy (non-hydrogen) atoms. The summed E-state index contributed by atoms with van der Waals surface area (Å²) in [5, 5.41) is 9.51. The fourth-order valence-electron chi connectivity index (χ4n) is 1.73. The summed E-state index contributed by atoms with van der Waals surface area (Å²) >= 11 is 17.9. The monoisotopic (exact) mass is 314 g/mol. The fraction of sp³-hybridized carbons (Fsp3) is 0.0769. The van der Waals surface area contributed by atoms with E-state index in [-0.39, 0.29) is 22.0 Å². The summed E-state index contributed by atoms with van der Waals surface area (Å²) in [6.07, 6.45) is 1.33. The number of pyridine rings is 1. The van der Waals surface area contributed by atoms with E-state index < -0.39 is 5.95 Å². The number of nitriles is 1. The Bertz CT molecular complexity index is 680. The van der Waals surface area contributed by atoms with Crippen molar-refractivity contribution in [3.05, 3.63) is 51.0 Å². The summed E-state index contributed by atoms with van der Waals surface area (Å²) in [7, 11) is 0. The van der Waals surface area contributed by atoms with Gasteiger partial charge in [-0.3, -0.25) is 0 Å². The van der Waals surface area contributed by atoms with Gasteiger partial charge in [0.15, 0.2) is 0 Å². The molecule has 0 bridgehead atoms. The molecule has 2 nitrogen and oxygen atoms in total. The maximum atomic E-state index is 13.9. The average Bonchev–Trinajstić information content (AvgIpc) is 2.35. The van der Waals surface area contributed by atoms with Gasteiger partial charge in [-0.1, -0.05) is 34.8 Å². The molecule has 96 valence electrons. The summed E-state index contributed by atoms with van der Waals surface area (Å²) < 4.78 is 13.9. The molecule has 0 aliphatic carbocycles. The number of hydrogen-bond acceptors (Lipinski definition) is 2. The van der Waals surface area contributed by atoms with E-state index >= 15 is 0 Å². The Labute approximate surface area is 124 Å². The Hall–Kier alpha value is -1.34. The second-order valence-electron chi connectivity index (χ2n) is 3.72. The maximum absolute atomic E-state index is 13.9. The number of hydrogen-bond donors (Lipinski definition) is 0. The maximum Gasteiger partial charge on any atom is 0.221 e.